The Labute approximate surface area is 114 Å². The first-order chi connectivity index (χ1) is 8.91. The molecule has 2 aliphatic rings. The molecule has 0 aromatic carbocycles. The zero-order chi connectivity index (χ0) is 14.0. The standard InChI is InChI=1S/C12H22N2O4S/c1-10-4-7-13(8-5-10)19(17,18)14-6-2-3-11(9-14)12(15)16/h10-11H,2-9H2,1H3,(H,15,16). The van der Waals surface area contributed by atoms with E-state index in [0.717, 1.165) is 12.8 Å². The fourth-order valence-electron chi connectivity index (χ4n) is 2.73. The summed E-state index contributed by atoms with van der Waals surface area (Å²) in [6, 6.07) is 0. The summed E-state index contributed by atoms with van der Waals surface area (Å²) in [7, 11) is -3.47. The first kappa shape index (κ1) is 14.7. The number of hydrogen-bond donors (Lipinski definition) is 1. The normalized spacial score (nSPS) is 28.4. The molecular weight excluding hydrogens is 268 g/mol. The molecule has 2 heterocycles. The molecule has 110 valence electrons. The van der Waals surface area contributed by atoms with Crippen molar-refractivity contribution in [3.63, 3.8) is 0 Å². The second kappa shape index (κ2) is 5.76. The third-order valence-electron chi connectivity index (χ3n) is 4.13. The van der Waals surface area contributed by atoms with Gasteiger partial charge in [-0.05, 0) is 31.6 Å². The third-order valence-corrected chi connectivity index (χ3v) is 6.13. The molecule has 0 aromatic rings. The van der Waals surface area contributed by atoms with E-state index in [2.05, 4.69) is 6.92 Å². The van der Waals surface area contributed by atoms with Gasteiger partial charge in [-0.1, -0.05) is 6.92 Å². The van der Waals surface area contributed by atoms with Crippen LogP contribution in [-0.4, -0.2) is 54.3 Å². The smallest absolute Gasteiger partial charge is 0.307 e. The Kier molecular flexibility index (Phi) is 4.47. The van der Waals surface area contributed by atoms with Crippen LogP contribution in [-0.2, 0) is 15.0 Å². The largest absolute Gasteiger partial charge is 0.481 e. The van der Waals surface area contributed by atoms with Gasteiger partial charge in [0.15, 0.2) is 0 Å². The third kappa shape index (κ3) is 3.27. The van der Waals surface area contributed by atoms with E-state index in [1.807, 2.05) is 0 Å². The first-order valence-corrected chi connectivity index (χ1v) is 8.29. The van der Waals surface area contributed by atoms with Gasteiger partial charge < -0.3 is 5.11 Å². The monoisotopic (exact) mass is 290 g/mol. The van der Waals surface area contributed by atoms with Gasteiger partial charge in [0.25, 0.3) is 10.2 Å². The molecule has 19 heavy (non-hydrogen) atoms. The van der Waals surface area contributed by atoms with Crippen molar-refractivity contribution in [1.82, 2.24) is 8.61 Å². The summed E-state index contributed by atoms with van der Waals surface area (Å²) in [6.07, 6.45) is 2.96. The van der Waals surface area contributed by atoms with E-state index >= 15 is 0 Å². The van der Waals surface area contributed by atoms with E-state index in [-0.39, 0.29) is 6.54 Å². The summed E-state index contributed by atoms with van der Waals surface area (Å²) in [6.45, 7) is 3.79. The van der Waals surface area contributed by atoms with Crippen LogP contribution in [0.5, 0.6) is 0 Å². The lowest BCUT2D eigenvalue weighted by molar-refractivity contribution is -0.142. The molecule has 7 heteroatoms. The Balaban J connectivity index is 2.04. The van der Waals surface area contributed by atoms with Crippen LogP contribution in [0.1, 0.15) is 32.6 Å². The maximum Gasteiger partial charge on any atom is 0.307 e. The van der Waals surface area contributed by atoms with Gasteiger partial charge in [0.2, 0.25) is 0 Å². The Morgan fingerprint density at radius 3 is 2.32 bits per heavy atom. The Bertz CT molecular complexity index is 429. The van der Waals surface area contributed by atoms with E-state index in [1.54, 1.807) is 0 Å². The summed E-state index contributed by atoms with van der Waals surface area (Å²) < 4.78 is 27.8. The zero-order valence-electron chi connectivity index (χ0n) is 11.3. The molecule has 0 saturated carbocycles. The molecule has 0 amide bonds. The molecule has 2 aliphatic heterocycles. The van der Waals surface area contributed by atoms with Crippen LogP contribution in [0.4, 0.5) is 0 Å². The van der Waals surface area contributed by atoms with Gasteiger partial charge in [0.05, 0.1) is 5.92 Å². The Morgan fingerprint density at radius 1 is 1.11 bits per heavy atom. The average Bonchev–Trinajstić information content (AvgIpc) is 2.39. The van der Waals surface area contributed by atoms with Crippen LogP contribution in [0, 0.1) is 11.8 Å². The molecule has 6 nitrogen and oxygen atoms in total. The van der Waals surface area contributed by atoms with Gasteiger partial charge in [-0.15, -0.1) is 0 Å². The number of rotatable bonds is 3. The first-order valence-electron chi connectivity index (χ1n) is 6.89. The predicted molar refractivity (Wildman–Crippen MR) is 70.8 cm³/mol. The highest BCUT2D eigenvalue weighted by Crippen LogP contribution is 2.25. The van der Waals surface area contributed by atoms with Crippen molar-refractivity contribution in [2.45, 2.75) is 32.6 Å². The van der Waals surface area contributed by atoms with Gasteiger partial charge >= 0.3 is 5.97 Å². The van der Waals surface area contributed by atoms with Crippen molar-refractivity contribution in [2.24, 2.45) is 11.8 Å². The van der Waals surface area contributed by atoms with Crippen LogP contribution < -0.4 is 0 Å². The van der Waals surface area contributed by atoms with Crippen molar-refractivity contribution in [3.05, 3.63) is 0 Å². The van der Waals surface area contributed by atoms with Crippen molar-refractivity contribution in [2.75, 3.05) is 26.2 Å². The lowest BCUT2D eigenvalue weighted by atomic mass is 10.0. The van der Waals surface area contributed by atoms with Gasteiger partial charge in [-0.25, -0.2) is 0 Å². The molecule has 2 rings (SSSR count). The molecule has 1 unspecified atom stereocenters. The minimum absolute atomic E-state index is 0.115. The van der Waals surface area contributed by atoms with Crippen molar-refractivity contribution >= 4 is 16.2 Å². The van der Waals surface area contributed by atoms with Gasteiger partial charge in [0, 0.05) is 26.2 Å². The van der Waals surface area contributed by atoms with Crippen LogP contribution in [0.15, 0.2) is 0 Å². The summed E-state index contributed by atoms with van der Waals surface area (Å²) in [4.78, 5) is 11.0. The van der Waals surface area contributed by atoms with Crippen LogP contribution >= 0.6 is 0 Å². The highest BCUT2D eigenvalue weighted by molar-refractivity contribution is 7.86. The Morgan fingerprint density at radius 2 is 1.74 bits per heavy atom. The van der Waals surface area contributed by atoms with Gasteiger partial charge in [-0.3, -0.25) is 4.79 Å². The number of carboxylic acids is 1. The predicted octanol–water partition coefficient (Wildman–Crippen LogP) is 0.760. The molecule has 1 N–H and O–H groups in total. The molecular formula is C12H22N2O4S. The quantitative estimate of drug-likeness (QED) is 0.832. The number of carboxylic acid groups (broad SMARTS) is 1. The molecule has 0 aliphatic carbocycles. The van der Waals surface area contributed by atoms with Gasteiger partial charge in [0.1, 0.15) is 0 Å². The topological polar surface area (TPSA) is 77.9 Å². The minimum Gasteiger partial charge on any atom is -0.481 e. The van der Waals surface area contributed by atoms with E-state index in [9.17, 15) is 13.2 Å². The SMILES string of the molecule is CC1CCN(S(=O)(=O)N2CCCC(C(=O)O)C2)CC1. The number of piperidine rings is 2. The number of nitrogens with zero attached hydrogens (tertiary/aromatic N) is 2. The van der Waals surface area contributed by atoms with Crippen molar-refractivity contribution in [3.8, 4) is 0 Å². The van der Waals surface area contributed by atoms with E-state index in [4.69, 9.17) is 5.11 Å². The van der Waals surface area contributed by atoms with Crippen LogP contribution in [0.2, 0.25) is 0 Å². The van der Waals surface area contributed by atoms with Gasteiger partial charge in [-0.2, -0.15) is 17.0 Å². The number of hydrogen-bond acceptors (Lipinski definition) is 3. The molecule has 0 radical (unpaired) electrons. The van der Waals surface area contributed by atoms with Crippen LogP contribution in [0.25, 0.3) is 0 Å². The summed E-state index contributed by atoms with van der Waals surface area (Å²) in [5.74, 6) is -0.890. The lowest BCUT2D eigenvalue weighted by Crippen LogP contribution is -2.51. The Hall–Kier alpha value is -0.660. The molecule has 0 aromatic heterocycles. The molecule has 0 bridgehead atoms. The van der Waals surface area contributed by atoms with Crippen molar-refractivity contribution in [1.29, 1.82) is 0 Å². The molecule has 2 fully saturated rings. The fraction of sp³-hybridized carbons (Fsp3) is 0.917. The second-order valence-corrected chi connectivity index (χ2v) is 7.55. The summed E-state index contributed by atoms with van der Waals surface area (Å²) >= 11 is 0. The zero-order valence-corrected chi connectivity index (χ0v) is 12.1. The number of aliphatic carboxylic acids is 1. The van der Waals surface area contributed by atoms with E-state index in [1.165, 1.54) is 8.61 Å². The van der Waals surface area contributed by atoms with Crippen LogP contribution in [0.3, 0.4) is 0 Å². The number of carbonyl (C=O) groups is 1. The fourth-order valence-corrected chi connectivity index (χ4v) is 4.46. The van der Waals surface area contributed by atoms with Crippen molar-refractivity contribution < 1.29 is 18.3 Å². The molecule has 2 saturated heterocycles. The molecule has 0 spiro atoms. The highest BCUT2D eigenvalue weighted by Gasteiger charge is 2.36. The summed E-state index contributed by atoms with van der Waals surface area (Å²) in [5.41, 5.74) is 0. The molecule has 1 atom stereocenters. The average molecular weight is 290 g/mol. The maximum absolute atomic E-state index is 12.5. The van der Waals surface area contributed by atoms with E-state index in [0.29, 0.717) is 38.4 Å². The minimum atomic E-state index is -3.47. The highest BCUT2D eigenvalue weighted by atomic mass is 32.2. The summed E-state index contributed by atoms with van der Waals surface area (Å²) in [5, 5.41) is 9.03. The second-order valence-electron chi connectivity index (χ2n) is 5.62. The lowest BCUT2D eigenvalue weighted by Gasteiger charge is -2.36. The van der Waals surface area contributed by atoms with E-state index < -0.39 is 22.1 Å². The maximum atomic E-state index is 12.5.